The Morgan fingerprint density at radius 2 is 2.23 bits per heavy atom. The molecule has 1 fully saturated rings. The highest BCUT2D eigenvalue weighted by molar-refractivity contribution is 5.21. The van der Waals surface area contributed by atoms with Gasteiger partial charge in [-0.15, -0.1) is 10.2 Å². The molecule has 0 N–H and O–H groups in total. The fourth-order valence-electron chi connectivity index (χ4n) is 3.21. The zero-order valence-corrected chi connectivity index (χ0v) is 13.6. The molecule has 3 rings (SSSR count). The summed E-state index contributed by atoms with van der Waals surface area (Å²) in [6.07, 6.45) is 6.92. The van der Waals surface area contributed by atoms with Crippen LogP contribution in [0.4, 0.5) is 0 Å². The largest absolute Gasteiger partial charge is 0.425 e. The van der Waals surface area contributed by atoms with Crippen molar-refractivity contribution in [2.45, 2.75) is 58.5 Å². The van der Waals surface area contributed by atoms with Gasteiger partial charge in [0.1, 0.15) is 0 Å². The van der Waals surface area contributed by atoms with Gasteiger partial charge in [-0.05, 0) is 50.4 Å². The van der Waals surface area contributed by atoms with E-state index < -0.39 is 0 Å². The van der Waals surface area contributed by atoms with E-state index in [9.17, 15) is 0 Å². The number of rotatable bonds is 4. The van der Waals surface area contributed by atoms with Gasteiger partial charge in [-0.25, -0.2) is 0 Å². The molecule has 0 radical (unpaired) electrons. The van der Waals surface area contributed by atoms with Gasteiger partial charge in [0.25, 0.3) is 0 Å². The van der Waals surface area contributed by atoms with Gasteiger partial charge < -0.3 is 4.42 Å². The summed E-state index contributed by atoms with van der Waals surface area (Å²) >= 11 is 0. The summed E-state index contributed by atoms with van der Waals surface area (Å²) in [6, 6.07) is 2.48. The molecule has 1 aliphatic rings. The lowest BCUT2D eigenvalue weighted by Gasteiger charge is -2.38. The average Bonchev–Trinajstić information content (AvgIpc) is 3.00. The van der Waals surface area contributed by atoms with Gasteiger partial charge >= 0.3 is 0 Å². The van der Waals surface area contributed by atoms with Gasteiger partial charge in [-0.1, -0.05) is 6.92 Å². The predicted molar refractivity (Wildman–Crippen MR) is 84.5 cm³/mol. The van der Waals surface area contributed by atoms with Crippen molar-refractivity contribution in [1.29, 1.82) is 0 Å². The molecule has 0 aliphatic carbocycles. The highest BCUT2D eigenvalue weighted by Gasteiger charge is 2.32. The summed E-state index contributed by atoms with van der Waals surface area (Å²) in [7, 11) is 0. The van der Waals surface area contributed by atoms with Crippen LogP contribution in [0.5, 0.6) is 0 Å². The molecular weight excluding hydrogens is 276 g/mol. The summed E-state index contributed by atoms with van der Waals surface area (Å²) < 4.78 is 5.80. The lowest BCUT2D eigenvalue weighted by molar-refractivity contribution is 0.118. The van der Waals surface area contributed by atoms with E-state index in [0.29, 0.717) is 12.0 Å². The van der Waals surface area contributed by atoms with E-state index in [2.05, 4.69) is 40.0 Å². The van der Waals surface area contributed by atoms with E-state index in [1.54, 1.807) is 0 Å². The third-order valence-electron chi connectivity index (χ3n) is 4.74. The Hall–Kier alpha value is -1.75. The highest BCUT2D eigenvalue weighted by Crippen LogP contribution is 2.32. The van der Waals surface area contributed by atoms with Gasteiger partial charge in [0.15, 0.2) is 0 Å². The number of hydrogen-bond acceptors (Lipinski definition) is 5. The van der Waals surface area contributed by atoms with E-state index in [4.69, 9.17) is 4.42 Å². The second-order valence-electron chi connectivity index (χ2n) is 6.15. The van der Waals surface area contributed by atoms with E-state index >= 15 is 0 Å². The lowest BCUT2D eigenvalue weighted by atomic mass is 9.89. The Balaban J connectivity index is 1.75. The number of likely N-dealkylation sites (tertiary alicyclic amines) is 1. The monoisotopic (exact) mass is 300 g/mol. The fraction of sp³-hybridized carbons (Fsp3) is 0.588. The molecule has 1 saturated heterocycles. The van der Waals surface area contributed by atoms with E-state index in [1.165, 1.54) is 11.1 Å². The van der Waals surface area contributed by atoms with Crippen molar-refractivity contribution in [2.75, 3.05) is 6.54 Å². The number of aryl methyl sites for hydroxylation is 2. The van der Waals surface area contributed by atoms with Crippen LogP contribution in [0.2, 0.25) is 0 Å². The molecular formula is C17H24N4O. The Bertz CT molecular complexity index is 625. The molecule has 2 atom stereocenters. The third-order valence-corrected chi connectivity index (χ3v) is 4.74. The molecule has 2 aromatic rings. The van der Waals surface area contributed by atoms with Crippen LogP contribution in [0.3, 0.4) is 0 Å². The SMILES string of the molecule is CCc1nnc([C@H]2CCCN(Cc3cnccc3C)[C@H]2C)o1. The van der Waals surface area contributed by atoms with Crippen molar-refractivity contribution in [3.05, 3.63) is 41.4 Å². The van der Waals surface area contributed by atoms with Crippen LogP contribution < -0.4 is 0 Å². The highest BCUT2D eigenvalue weighted by atomic mass is 16.4. The number of piperidine rings is 1. The van der Waals surface area contributed by atoms with Crippen molar-refractivity contribution >= 4 is 0 Å². The number of aromatic nitrogens is 3. The van der Waals surface area contributed by atoms with Crippen LogP contribution in [0.1, 0.15) is 55.5 Å². The average molecular weight is 300 g/mol. The summed E-state index contributed by atoms with van der Waals surface area (Å²) in [4.78, 5) is 6.77. The quantitative estimate of drug-likeness (QED) is 0.868. The Morgan fingerprint density at radius 1 is 1.36 bits per heavy atom. The number of hydrogen-bond donors (Lipinski definition) is 0. The molecule has 22 heavy (non-hydrogen) atoms. The molecule has 0 amide bonds. The minimum atomic E-state index is 0.332. The predicted octanol–water partition coefficient (Wildman–Crippen LogP) is 3.10. The molecule has 3 heterocycles. The zero-order chi connectivity index (χ0) is 15.5. The smallest absolute Gasteiger partial charge is 0.221 e. The van der Waals surface area contributed by atoms with Crippen molar-refractivity contribution < 1.29 is 4.42 Å². The van der Waals surface area contributed by atoms with Crippen LogP contribution >= 0.6 is 0 Å². The van der Waals surface area contributed by atoms with E-state index in [-0.39, 0.29) is 0 Å². The van der Waals surface area contributed by atoms with Crippen molar-refractivity contribution in [3.8, 4) is 0 Å². The lowest BCUT2D eigenvalue weighted by Crippen LogP contribution is -2.42. The Kier molecular flexibility index (Phi) is 4.52. The standard InChI is InChI=1S/C17H24N4O/c1-4-16-19-20-17(22-16)15-6-5-9-21(13(15)3)11-14-10-18-8-7-12(14)2/h7-8,10,13,15H,4-6,9,11H2,1-3H3/t13-,15-/m0/s1. The molecule has 5 heteroatoms. The second kappa shape index (κ2) is 6.57. The van der Waals surface area contributed by atoms with Crippen LogP contribution in [0.15, 0.2) is 22.9 Å². The first-order valence-electron chi connectivity index (χ1n) is 8.15. The molecule has 0 unspecified atom stereocenters. The van der Waals surface area contributed by atoms with Crippen LogP contribution in [-0.2, 0) is 13.0 Å². The minimum absolute atomic E-state index is 0.332. The molecule has 0 saturated carbocycles. The maximum Gasteiger partial charge on any atom is 0.221 e. The van der Waals surface area contributed by atoms with Crippen molar-refractivity contribution in [3.63, 3.8) is 0 Å². The van der Waals surface area contributed by atoms with Gasteiger partial charge in [0, 0.05) is 31.4 Å². The molecule has 5 nitrogen and oxygen atoms in total. The topological polar surface area (TPSA) is 55.1 Å². The van der Waals surface area contributed by atoms with E-state index in [0.717, 1.165) is 44.1 Å². The molecule has 0 spiro atoms. The zero-order valence-electron chi connectivity index (χ0n) is 13.6. The van der Waals surface area contributed by atoms with Gasteiger partial charge in [0.05, 0.1) is 5.92 Å². The van der Waals surface area contributed by atoms with Crippen molar-refractivity contribution in [2.24, 2.45) is 0 Å². The van der Waals surface area contributed by atoms with Gasteiger partial charge in [-0.3, -0.25) is 9.88 Å². The fourth-order valence-corrected chi connectivity index (χ4v) is 3.21. The Labute approximate surface area is 131 Å². The normalized spacial score (nSPS) is 22.9. The first kappa shape index (κ1) is 15.2. The maximum absolute atomic E-state index is 5.80. The maximum atomic E-state index is 5.80. The third kappa shape index (κ3) is 3.04. The van der Waals surface area contributed by atoms with E-state index in [1.807, 2.05) is 19.3 Å². The second-order valence-corrected chi connectivity index (χ2v) is 6.15. The van der Waals surface area contributed by atoms with Crippen LogP contribution in [-0.4, -0.2) is 32.7 Å². The summed E-state index contributed by atoms with van der Waals surface area (Å²) in [5.41, 5.74) is 2.60. The summed E-state index contributed by atoms with van der Waals surface area (Å²) in [5.74, 6) is 1.87. The molecule has 0 bridgehead atoms. The Morgan fingerprint density at radius 3 is 2.95 bits per heavy atom. The molecule has 118 valence electrons. The van der Waals surface area contributed by atoms with Crippen LogP contribution in [0, 0.1) is 6.92 Å². The first-order valence-corrected chi connectivity index (χ1v) is 8.15. The molecule has 2 aromatic heterocycles. The van der Waals surface area contributed by atoms with Crippen molar-refractivity contribution in [1.82, 2.24) is 20.1 Å². The van der Waals surface area contributed by atoms with Gasteiger partial charge in [-0.2, -0.15) is 0 Å². The summed E-state index contributed by atoms with van der Waals surface area (Å²) in [5, 5.41) is 8.39. The number of nitrogens with zero attached hydrogens (tertiary/aromatic N) is 4. The van der Waals surface area contributed by atoms with Crippen LogP contribution in [0.25, 0.3) is 0 Å². The summed E-state index contributed by atoms with van der Waals surface area (Å²) in [6.45, 7) is 8.51. The molecule has 0 aromatic carbocycles. The minimum Gasteiger partial charge on any atom is -0.425 e. The number of pyridine rings is 1. The molecule has 1 aliphatic heterocycles. The first-order chi connectivity index (χ1) is 10.7. The van der Waals surface area contributed by atoms with Gasteiger partial charge in [0.2, 0.25) is 11.8 Å².